The van der Waals surface area contributed by atoms with Gasteiger partial charge in [-0.3, -0.25) is 4.79 Å². The molecule has 1 aromatic carbocycles. The van der Waals surface area contributed by atoms with E-state index in [1.54, 1.807) is 0 Å². The van der Waals surface area contributed by atoms with Gasteiger partial charge in [0.05, 0.1) is 17.5 Å². The molecule has 0 aliphatic rings. The first-order chi connectivity index (χ1) is 10.4. The summed E-state index contributed by atoms with van der Waals surface area (Å²) in [7, 11) is 0. The van der Waals surface area contributed by atoms with Crippen molar-refractivity contribution in [2.24, 2.45) is 16.1 Å². The molecule has 1 rings (SSSR count). The van der Waals surface area contributed by atoms with Crippen LogP contribution in [0, 0.1) is 11.7 Å². The normalized spacial score (nSPS) is 16.3. The number of carboxylic acids is 1. The van der Waals surface area contributed by atoms with Gasteiger partial charge in [0.15, 0.2) is 11.4 Å². The van der Waals surface area contributed by atoms with Crippen molar-refractivity contribution in [1.82, 2.24) is 0 Å². The number of aliphatic carboxylic acids is 1. The number of azo groups is 1. The highest BCUT2D eigenvalue weighted by molar-refractivity contribution is 6.32. The van der Waals surface area contributed by atoms with Crippen molar-refractivity contribution in [1.29, 1.82) is 0 Å². The summed E-state index contributed by atoms with van der Waals surface area (Å²) in [5.41, 5.74) is -4.31. The average molecular weight is 359 g/mol. The van der Waals surface area contributed by atoms with Crippen LogP contribution in [0.1, 0.15) is 6.92 Å². The molecule has 1 aromatic rings. The van der Waals surface area contributed by atoms with Crippen LogP contribution in [-0.2, 0) is 4.79 Å². The summed E-state index contributed by atoms with van der Waals surface area (Å²) in [5.74, 6) is -5.77. The summed E-state index contributed by atoms with van der Waals surface area (Å²) in [6.45, 7) is -0.813. The third-order valence-electron chi connectivity index (χ3n) is 3.08. The Kier molecular flexibility index (Phi) is 5.54. The minimum atomic E-state index is -5.30. The smallest absolute Gasteiger partial charge is 0.419 e. The number of benzene rings is 1. The van der Waals surface area contributed by atoms with Crippen LogP contribution in [0.3, 0.4) is 0 Å². The first-order valence-electron chi connectivity index (χ1n) is 5.97. The summed E-state index contributed by atoms with van der Waals surface area (Å²) in [6.07, 6.45) is -5.30. The molecular formula is C12H11ClF4N2O4. The molecule has 2 atom stereocenters. The van der Waals surface area contributed by atoms with Crippen LogP contribution in [0.2, 0.25) is 5.02 Å². The minimum absolute atomic E-state index is 0.340. The number of halogens is 5. The maximum absolute atomic E-state index is 13.4. The number of hydrogen-bond donors (Lipinski definition) is 3. The van der Waals surface area contributed by atoms with E-state index >= 15 is 0 Å². The van der Waals surface area contributed by atoms with Gasteiger partial charge in [0.2, 0.25) is 0 Å². The van der Waals surface area contributed by atoms with Crippen LogP contribution < -0.4 is 0 Å². The molecule has 0 bridgehead atoms. The number of aliphatic hydroxyl groups is 1. The van der Waals surface area contributed by atoms with Gasteiger partial charge in [0.1, 0.15) is 11.4 Å². The lowest BCUT2D eigenvalue weighted by Crippen LogP contribution is -2.55. The van der Waals surface area contributed by atoms with E-state index in [1.165, 1.54) is 0 Å². The third-order valence-corrected chi connectivity index (χ3v) is 3.39. The van der Waals surface area contributed by atoms with Gasteiger partial charge in [-0.15, -0.1) is 0 Å². The maximum Gasteiger partial charge on any atom is 0.419 e. The van der Waals surface area contributed by atoms with Gasteiger partial charge in [-0.25, -0.2) is 4.39 Å². The molecule has 0 aliphatic heterocycles. The predicted octanol–water partition coefficient (Wildman–Crippen LogP) is 3.28. The van der Waals surface area contributed by atoms with Crippen LogP contribution in [0.25, 0.3) is 0 Å². The molecule has 3 N–H and O–H groups in total. The maximum atomic E-state index is 13.4. The summed E-state index contributed by atoms with van der Waals surface area (Å²) in [5, 5.41) is 33.3. The Morgan fingerprint density at radius 2 is 1.96 bits per heavy atom. The second-order valence-electron chi connectivity index (χ2n) is 4.64. The van der Waals surface area contributed by atoms with Crippen molar-refractivity contribution in [2.75, 3.05) is 6.54 Å². The molecule has 128 valence electrons. The van der Waals surface area contributed by atoms with E-state index in [0.717, 1.165) is 0 Å². The number of aromatic hydroxyl groups is 1. The Balaban J connectivity index is 3.09. The minimum Gasteiger partial charge on any atom is -0.506 e. The molecule has 0 saturated heterocycles. The largest absolute Gasteiger partial charge is 0.506 e. The Hall–Kier alpha value is -1.94. The molecule has 23 heavy (non-hydrogen) atoms. The lowest BCUT2D eigenvalue weighted by molar-refractivity contribution is -0.272. The number of rotatable bonds is 5. The molecule has 0 spiro atoms. The molecular weight excluding hydrogens is 348 g/mol. The summed E-state index contributed by atoms with van der Waals surface area (Å²) >= 11 is 5.41. The van der Waals surface area contributed by atoms with E-state index in [4.69, 9.17) is 16.7 Å². The van der Waals surface area contributed by atoms with Gasteiger partial charge in [-0.1, -0.05) is 11.6 Å². The van der Waals surface area contributed by atoms with E-state index < -0.39 is 47.5 Å². The molecule has 0 saturated carbocycles. The van der Waals surface area contributed by atoms with E-state index in [0.29, 0.717) is 19.1 Å². The Morgan fingerprint density at radius 3 is 2.43 bits per heavy atom. The standard InChI is InChI=1S/C12H11ClF4N2O4/c1-5(10(21)22)11(23,12(15,16)17)4-18-19-8-3-9(20)6(13)2-7(8)14/h2-3,5,20,23H,4H2,1H3,(H,21,22). The van der Waals surface area contributed by atoms with Crippen LogP contribution in [0.15, 0.2) is 22.4 Å². The van der Waals surface area contributed by atoms with Crippen molar-refractivity contribution >= 4 is 23.3 Å². The Morgan fingerprint density at radius 1 is 1.39 bits per heavy atom. The number of carboxylic acid groups (broad SMARTS) is 1. The summed E-state index contributed by atoms with van der Waals surface area (Å²) < 4.78 is 52.1. The quantitative estimate of drug-likeness (QED) is 0.555. The van der Waals surface area contributed by atoms with Gasteiger partial charge >= 0.3 is 12.1 Å². The molecule has 6 nitrogen and oxygen atoms in total. The van der Waals surface area contributed by atoms with Crippen molar-refractivity contribution < 1.29 is 37.7 Å². The van der Waals surface area contributed by atoms with Crippen LogP contribution in [0.4, 0.5) is 23.2 Å². The monoisotopic (exact) mass is 358 g/mol. The van der Waals surface area contributed by atoms with Gasteiger partial charge in [0, 0.05) is 6.07 Å². The molecule has 0 aliphatic carbocycles. The number of nitrogens with zero attached hydrogens (tertiary/aromatic N) is 2. The number of carbonyl (C=O) groups is 1. The molecule has 0 heterocycles. The number of hydrogen-bond acceptors (Lipinski definition) is 5. The van der Waals surface area contributed by atoms with Crippen LogP contribution in [0.5, 0.6) is 5.75 Å². The number of phenolic OH excluding ortho intramolecular Hbond substituents is 1. The van der Waals surface area contributed by atoms with Gasteiger partial charge < -0.3 is 15.3 Å². The second-order valence-corrected chi connectivity index (χ2v) is 5.04. The lowest BCUT2D eigenvalue weighted by atomic mass is 9.88. The average Bonchev–Trinajstić information content (AvgIpc) is 2.41. The first-order valence-corrected chi connectivity index (χ1v) is 6.35. The molecule has 11 heteroatoms. The highest BCUT2D eigenvalue weighted by Crippen LogP contribution is 2.37. The van der Waals surface area contributed by atoms with Crippen molar-refractivity contribution in [3.63, 3.8) is 0 Å². The molecule has 0 fully saturated rings. The molecule has 0 aromatic heterocycles. The van der Waals surface area contributed by atoms with Gasteiger partial charge in [-0.05, 0) is 13.0 Å². The highest BCUT2D eigenvalue weighted by atomic mass is 35.5. The fourth-order valence-corrected chi connectivity index (χ4v) is 1.65. The third kappa shape index (κ3) is 4.08. The topological polar surface area (TPSA) is 102 Å². The molecule has 2 unspecified atom stereocenters. The number of alkyl halides is 3. The fourth-order valence-electron chi connectivity index (χ4n) is 1.50. The van der Waals surface area contributed by atoms with E-state index in [9.17, 15) is 32.6 Å². The summed E-state index contributed by atoms with van der Waals surface area (Å²) in [4.78, 5) is 10.7. The highest BCUT2D eigenvalue weighted by Gasteiger charge is 2.59. The van der Waals surface area contributed by atoms with Crippen LogP contribution >= 0.6 is 11.6 Å². The second kappa shape index (κ2) is 6.67. The van der Waals surface area contributed by atoms with Gasteiger partial charge in [0.25, 0.3) is 0 Å². The number of phenols is 1. The van der Waals surface area contributed by atoms with Gasteiger partial charge in [-0.2, -0.15) is 23.4 Å². The zero-order valence-electron chi connectivity index (χ0n) is 11.5. The van der Waals surface area contributed by atoms with Crippen molar-refractivity contribution in [2.45, 2.75) is 18.7 Å². The molecule has 0 amide bonds. The first kappa shape index (κ1) is 19.1. The Labute approximate surface area is 132 Å². The lowest BCUT2D eigenvalue weighted by Gasteiger charge is -2.31. The fraction of sp³-hybridized carbons (Fsp3) is 0.417. The van der Waals surface area contributed by atoms with Crippen molar-refractivity contribution in [3.8, 4) is 5.75 Å². The van der Waals surface area contributed by atoms with Crippen LogP contribution in [-0.4, -0.2) is 39.6 Å². The molecule has 0 radical (unpaired) electrons. The SMILES string of the molecule is CC(C(=O)O)C(O)(CN=Nc1cc(O)c(Cl)cc1F)C(F)(F)F. The Bertz CT molecular complexity index is 638. The predicted molar refractivity (Wildman–Crippen MR) is 70.3 cm³/mol. The van der Waals surface area contributed by atoms with E-state index in [2.05, 4.69) is 10.2 Å². The van der Waals surface area contributed by atoms with Crippen molar-refractivity contribution in [3.05, 3.63) is 23.0 Å². The zero-order valence-corrected chi connectivity index (χ0v) is 12.2. The van der Waals surface area contributed by atoms with E-state index in [-0.39, 0.29) is 5.02 Å². The zero-order chi connectivity index (χ0) is 18.0. The summed E-state index contributed by atoms with van der Waals surface area (Å²) in [6, 6.07) is 1.38. The van der Waals surface area contributed by atoms with E-state index in [1.807, 2.05) is 0 Å².